The van der Waals surface area contributed by atoms with Crippen LogP contribution in [0.4, 0.5) is 0 Å². The van der Waals surface area contributed by atoms with Crippen molar-refractivity contribution < 1.29 is 28.5 Å². The molecule has 0 unspecified atom stereocenters. The van der Waals surface area contributed by atoms with E-state index in [1.54, 1.807) is 43.5 Å². The van der Waals surface area contributed by atoms with E-state index in [0.717, 1.165) is 5.56 Å². The lowest BCUT2D eigenvalue weighted by Gasteiger charge is -2.14. The van der Waals surface area contributed by atoms with Crippen LogP contribution in [-0.2, 0) is 6.61 Å². The summed E-state index contributed by atoms with van der Waals surface area (Å²) in [5.74, 6) is 2.40. The Labute approximate surface area is 190 Å². The van der Waals surface area contributed by atoms with Gasteiger partial charge in [0.15, 0.2) is 17.3 Å². The van der Waals surface area contributed by atoms with Crippen LogP contribution in [0.1, 0.15) is 21.5 Å². The number of hydrogen-bond donors (Lipinski definition) is 0. The van der Waals surface area contributed by atoms with Crippen molar-refractivity contribution in [1.82, 2.24) is 0 Å². The number of fused-ring (bicyclic) bond motifs is 1. The van der Waals surface area contributed by atoms with Crippen molar-refractivity contribution in [3.63, 3.8) is 0 Å². The summed E-state index contributed by atoms with van der Waals surface area (Å²) < 4.78 is 27.9. The largest absolute Gasteiger partial charge is 0.493 e. The van der Waals surface area contributed by atoms with Gasteiger partial charge >= 0.3 is 0 Å². The molecule has 6 nitrogen and oxygen atoms in total. The van der Waals surface area contributed by atoms with Gasteiger partial charge in [0.25, 0.3) is 0 Å². The molecule has 1 aliphatic rings. The van der Waals surface area contributed by atoms with Gasteiger partial charge in [-0.15, -0.1) is 0 Å². The molecular formula is C25H21ClO6. The fraction of sp³-hybridized carbons (Fsp3) is 0.160. The number of Topliss-reactive ketones (excluding diaryl/α,β-unsaturated/α-hetero) is 1. The Hall–Kier alpha value is -3.64. The highest BCUT2D eigenvalue weighted by Gasteiger charge is 2.28. The van der Waals surface area contributed by atoms with Crippen LogP contribution in [0, 0.1) is 0 Å². The van der Waals surface area contributed by atoms with Crippen LogP contribution in [0.25, 0.3) is 6.08 Å². The van der Waals surface area contributed by atoms with Crippen LogP contribution < -0.4 is 23.7 Å². The number of hydrogen-bond acceptors (Lipinski definition) is 6. The number of halogens is 1. The van der Waals surface area contributed by atoms with Gasteiger partial charge in [0.1, 0.15) is 18.1 Å². The molecule has 0 aliphatic carbocycles. The molecule has 3 aromatic rings. The van der Waals surface area contributed by atoms with E-state index < -0.39 is 0 Å². The molecule has 0 N–H and O–H groups in total. The number of allylic oxidation sites excluding steroid dienone is 1. The molecule has 4 rings (SSSR count). The summed E-state index contributed by atoms with van der Waals surface area (Å²) in [6.45, 7) is 0.370. The van der Waals surface area contributed by atoms with E-state index in [0.29, 0.717) is 51.5 Å². The number of ether oxygens (including phenoxy) is 5. The maximum Gasteiger partial charge on any atom is 0.231 e. The highest BCUT2D eigenvalue weighted by molar-refractivity contribution is 6.30. The maximum absolute atomic E-state index is 12.9. The Bertz CT molecular complexity index is 1180. The molecule has 0 amide bonds. The van der Waals surface area contributed by atoms with Gasteiger partial charge in [-0.2, -0.15) is 0 Å². The number of methoxy groups -OCH3 is 3. The van der Waals surface area contributed by atoms with Crippen LogP contribution in [0.5, 0.6) is 28.7 Å². The Morgan fingerprint density at radius 1 is 0.906 bits per heavy atom. The predicted octanol–water partition coefficient (Wildman–Crippen LogP) is 5.56. The van der Waals surface area contributed by atoms with Gasteiger partial charge in [0.2, 0.25) is 11.5 Å². The van der Waals surface area contributed by atoms with E-state index in [-0.39, 0.29) is 11.5 Å². The van der Waals surface area contributed by atoms with Crippen LogP contribution >= 0.6 is 11.6 Å². The quantitative estimate of drug-likeness (QED) is 0.437. The summed E-state index contributed by atoms with van der Waals surface area (Å²) in [6.07, 6.45) is 1.62. The minimum absolute atomic E-state index is 0.181. The van der Waals surface area contributed by atoms with Gasteiger partial charge < -0.3 is 23.7 Å². The number of rotatable bonds is 7. The van der Waals surface area contributed by atoms with Crippen molar-refractivity contribution in [3.05, 3.63) is 82.1 Å². The molecule has 1 heterocycles. The zero-order valence-corrected chi connectivity index (χ0v) is 18.6. The van der Waals surface area contributed by atoms with Crippen molar-refractivity contribution in [2.45, 2.75) is 6.61 Å². The number of carbonyl (C=O) groups is 1. The fourth-order valence-corrected chi connectivity index (χ4v) is 3.51. The highest BCUT2D eigenvalue weighted by atomic mass is 35.5. The second-order valence-corrected chi connectivity index (χ2v) is 7.37. The second-order valence-electron chi connectivity index (χ2n) is 6.94. The Balaban J connectivity index is 1.57. The number of benzene rings is 3. The average molecular weight is 453 g/mol. The van der Waals surface area contributed by atoms with Crippen molar-refractivity contribution in [3.8, 4) is 28.7 Å². The SMILES string of the molecule is COc1ccc(C=C2Oc3cc(OCc4ccc(Cl)cc4)ccc3C2=O)c(OC)c1OC. The average Bonchev–Trinajstić information content (AvgIpc) is 3.12. The molecular weight excluding hydrogens is 432 g/mol. The highest BCUT2D eigenvalue weighted by Crippen LogP contribution is 2.42. The molecule has 0 spiro atoms. The minimum Gasteiger partial charge on any atom is -0.493 e. The van der Waals surface area contributed by atoms with Crippen LogP contribution in [-0.4, -0.2) is 27.1 Å². The topological polar surface area (TPSA) is 63.2 Å². The third-order valence-corrected chi connectivity index (χ3v) is 5.23. The lowest BCUT2D eigenvalue weighted by Crippen LogP contribution is -2.00. The molecule has 1 aliphatic heterocycles. The second kappa shape index (κ2) is 9.24. The Morgan fingerprint density at radius 2 is 1.66 bits per heavy atom. The summed E-state index contributed by atoms with van der Waals surface area (Å²) in [5, 5.41) is 0.670. The van der Waals surface area contributed by atoms with Gasteiger partial charge in [-0.25, -0.2) is 0 Å². The van der Waals surface area contributed by atoms with Crippen molar-refractivity contribution in [1.29, 1.82) is 0 Å². The zero-order chi connectivity index (χ0) is 22.7. The van der Waals surface area contributed by atoms with Crippen molar-refractivity contribution in [2.24, 2.45) is 0 Å². The normalized spacial score (nSPS) is 13.5. The lowest BCUT2D eigenvalue weighted by atomic mass is 10.1. The predicted molar refractivity (Wildman–Crippen MR) is 121 cm³/mol. The number of ketones is 1. The molecule has 0 saturated carbocycles. The third-order valence-electron chi connectivity index (χ3n) is 4.98. The molecule has 0 saturated heterocycles. The van der Waals surface area contributed by atoms with Gasteiger partial charge in [0, 0.05) is 16.7 Å². The first-order valence-corrected chi connectivity index (χ1v) is 10.2. The van der Waals surface area contributed by atoms with E-state index >= 15 is 0 Å². The van der Waals surface area contributed by atoms with E-state index in [2.05, 4.69) is 0 Å². The summed E-state index contributed by atoms with van der Waals surface area (Å²) in [5.41, 5.74) is 2.07. The number of carbonyl (C=O) groups excluding carboxylic acids is 1. The van der Waals surface area contributed by atoms with Crippen LogP contribution in [0.15, 0.2) is 60.4 Å². The van der Waals surface area contributed by atoms with Crippen LogP contribution in [0.2, 0.25) is 5.02 Å². The first-order chi connectivity index (χ1) is 15.5. The van der Waals surface area contributed by atoms with E-state index in [1.807, 2.05) is 24.3 Å². The minimum atomic E-state index is -0.221. The Morgan fingerprint density at radius 3 is 2.34 bits per heavy atom. The molecule has 164 valence electrons. The van der Waals surface area contributed by atoms with E-state index in [4.69, 9.17) is 35.3 Å². The van der Waals surface area contributed by atoms with Crippen molar-refractivity contribution >= 4 is 23.5 Å². The summed E-state index contributed by atoms with van der Waals surface area (Å²) in [7, 11) is 4.59. The van der Waals surface area contributed by atoms with Gasteiger partial charge in [0.05, 0.1) is 26.9 Å². The smallest absolute Gasteiger partial charge is 0.231 e. The first-order valence-electron chi connectivity index (χ1n) is 9.78. The first kappa shape index (κ1) is 21.6. The molecule has 7 heteroatoms. The standard InChI is InChI=1S/C25H21ClO6/c1-28-20-11-6-16(24(29-2)25(20)30-3)12-22-23(27)19-10-9-18(13-21(19)32-22)31-14-15-4-7-17(26)8-5-15/h4-13H,14H2,1-3H3. The molecule has 0 atom stereocenters. The third kappa shape index (κ3) is 4.22. The molecule has 32 heavy (non-hydrogen) atoms. The molecule has 0 bridgehead atoms. The Kier molecular flexibility index (Phi) is 6.23. The molecule has 3 aromatic carbocycles. The van der Waals surface area contributed by atoms with Gasteiger partial charge in [-0.1, -0.05) is 23.7 Å². The van der Waals surface area contributed by atoms with Gasteiger partial charge in [-0.05, 0) is 48.0 Å². The zero-order valence-electron chi connectivity index (χ0n) is 17.8. The van der Waals surface area contributed by atoms with Crippen molar-refractivity contribution in [2.75, 3.05) is 21.3 Å². The monoisotopic (exact) mass is 452 g/mol. The molecule has 0 fully saturated rings. The summed E-state index contributed by atoms with van der Waals surface area (Å²) in [6, 6.07) is 16.1. The fourth-order valence-electron chi connectivity index (χ4n) is 3.38. The van der Waals surface area contributed by atoms with Crippen LogP contribution in [0.3, 0.4) is 0 Å². The van der Waals surface area contributed by atoms with E-state index in [9.17, 15) is 4.79 Å². The molecule has 0 aromatic heterocycles. The summed E-state index contributed by atoms with van der Waals surface area (Å²) >= 11 is 5.91. The summed E-state index contributed by atoms with van der Waals surface area (Å²) in [4.78, 5) is 12.9. The lowest BCUT2D eigenvalue weighted by molar-refractivity contribution is 0.101. The van der Waals surface area contributed by atoms with E-state index in [1.165, 1.54) is 14.2 Å². The maximum atomic E-state index is 12.9. The molecule has 0 radical (unpaired) electrons. The van der Waals surface area contributed by atoms with Gasteiger partial charge in [-0.3, -0.25) is 4.79 Å².